The van der Waals surface area contributed by atoms with E-state index in [1.54, 1.807) is 0 Å². The Morgan fingerprint density at radius 1 is 1.10 bits per heavy atom. The third-order valence-electron chi connectivity index (χ3n) is 4.86. The lowest BCUT2D eigenvalue weighted by molar-refractivity contribution is -0.115. The van der Waals surface area contributed by atoms with E-state index in [-0.39, 0.29) is 38.2 Å². The van der Waals surface area contributed by atoms with Crippen LogP contribution < -0.4 is 11.5 Å². The molecule has 0 aliphatic carbocycles. The minimum Gasteiger partial charge on any atom is -0.383 e. The second kappa shape index (κ2) is 9.35. The van der Waals surface area contributed by atoms with Gasteiger partial charge in [0.05, 0.1) is 16.2 Å². The maximum absolute atomic E-state index is 12.9. The van der Waals surface area contributed by atoms with E-state index in [0.29, 0.717) is 18.7 Å². The fourth-order valence-electron chi connectivity index (χ4n) is 3.38. The van der Waals surface area contributed by atoms with Gasteiger partial charge in [-0.05, 0) is 30.5 Å². The van der Waals surface area contributed by atoms with Gasteiger partial charge in [-0.15, -0.1) is 0 Å². The molecule has 1 saturated heterocycles. The van der Waals surface area contributed by atoms with Gasteiger partial charge in [-0.25, -0.2) is 13.4 Å². The smallest absolute Gasteiger partial charge is 0.243 e. The number of benzene rings is 1. The lowest BCUT2D eigenvalue weighted by atomic mass is 9.97. The number of pyridine rings is 1. The number of nitriles is 2. The van der Waals surface area contributed by atoms with Gasteiger partial charge in [-0.3, -0.25) is 4.79 Å². The summed E-state index contributed by atoms with van der Waals surface area (Å²) in [5.74, 6) is -0.791. The molecule has 1 amide bonds. The van der Waals surface area contributed by atoms with Gasteiger partial charge in [0, 0.05) is 18.7 Å². The number of anilines is 1. The van der Waals surface area contributed by atoms with E-state index in [1.165, 1.54) is 28.6 Å². The van der Waals surface area contributed by atoms with Crippen LogP contribution in [0.5, 0.6) is 0 Å². The van der Waals surface area contributed by atoms with Gasteiger partial charge < -0.3 is 11.5 Å². The lowest BCUT2D eigenvalue weighted by Crippen LogP contribution is -2.35. The van der Waals surface area contributed by atoms with Crippen LogP contribution in [0.4, 0.5) is 5.82 Å². The molecule has 0 atom stereocenters. The van der Waals surface area contributed by atoms with E-state index >= 15 is 0 Å². The summed E-state index contributed by atoms with van der Waals surface area (Å²) in [4.78, 5) is 15.4. The number of amides is 1. The molecule has 11 heteroatoms. The van der Waals surface area contributed by atoms with Gasteiger partial charge >= 0.3 is 0 Å². The fourth-order valence-corrected chi connectivity index (χ4v) is 5.63. The predicted molar refractivity (Wildman–Crippen MR) is 116 cm³/mol. The topological polar surface area (TPSA) is 167 Å². The first-order valence-electron chi connectivity index (χ1n) is 9.45. The van der Waals surface area contributed by atoms with Crippen LogP contribution in [0.15, 0.2) is 34.2 Å². The zero-order chi connectivity index (χ0) is 22.6. The molecule has 0 radical (unpaired) electrons. The molecule has 3 rings (SSSR count). The fraction of sp³-hybridized carbons (Fsp3) is 0.300. The average Bonchev–Trinajstić information content (AvgIpc) is 2.77. The molecule has 1 fully saturated rings. The molecule has 2 aromatic rings. The molecular formula is C20H20N6O3S2. The first-order chi connectivity index (χ1) is 14.8. The van der Waals surface area contributed by atoms with Crippen molar-refractivity contribution in [1.29, 1.82) is 10.5 Å². The van der Waals surface area contributed by atoms with Crippen LogP contribution in [-0.4, -0.2) is 42.5 Å². The Kier molecular flexibility index (Phi) is 6.81. The van der Waals surface area contributed by atoms with Gasteiger partial charge in [0.1, 0.15) is 28.5 Å². The van der Waals surface area contributed by atoms with Crippen LogP contribution in [0.1, 0.15) is 30.4 Å². The second-order valence-electron chi connectivity index (χ2n) is 6.89. The van der Waals surface area contributed by atoms with Crippen molar-refractivity contribution in [2.75, 3.05) is 24.6 Å². The number of nitrogen functional groups attached to an aromatic ring is 1. The Morgan fingerprint density at radius 2 is 1.71 bits per heavy atom. The van der Waals surface area contributed by atoms with Crippen molar-refractivity contribution in [2.24, 2.45) is 5.73 Å². The van der Waals surface area contributed by atoms with E-state index in [1.807, 2.05) is 12.1 Å². The quantitative estimate of drug-likeness (QED) is 0.621. The largest absolute Gasteiger partial charge is 0.383 e. The Morgan fingerprint density at radius 3 is 2.26 bits per heavy atom. The summed E-state index contributed by atoms with van der Waals surface area (Å²) >= 11 is 0.948. The number of nitrogens with zero attached hydrogens (tertiary/aromatic N) is 4. The van der Waals surface area contributed by atoms with E-state index < -0.39 is 15.9 Å². The number of aromatic nitrogens is 1. The number of primary amides is 1. The van der Waals surface area contributed by atoms with Crippen LogP contribution in [0, 0.1) is 22.7 Å². The summed E-state index contributed by atoms with van der Waals surface area (Å²) in [5.41, 5.74) is 11.9. The van der Waals surface area contributed by atoms with Crippen LogP contribution >= 0.6 is 11.8 Å². The highest BCUT2D eigenvalue weighted by Gasteiger charge is 2.26. The Balaban J connectivity index is 2.07. The number of hydrogen-bond donors (Lipinski definition) is 2. The number of thioether (sulfide) groups is 1. The molecule has 1 aromatic carbocycles. The van der Waals surface area contributed by atoms with Crippen molar-refractivity contribution in [2.45, 2.75) is 29.2 Å². The Labute approximate surface area is 184 Å². The third kappa shape index (κ3) is 4.64. The zero-order valence-corrected chi connectivity index (χ0v) is 18.2. The van der Waals surface area contributed by atoms with Gasteiger partial charge in [0.2, 0.25) is 15.9 Å². The highest BCUT2D eigenvalue weighted by molar-refractivity contribution is 8.00. The summed E-state index contributed by atoms with van der Waals surface area (Å²) in [6, 6.07) is 9.96. The third-order valence-corrected chi connectivity index (χ3v) is 7.77. The summed E-state index contributed by atoms with van der Waals surface area (Å²) in [6.45, 7) is 0.977. The molecule has 0 spiro atoms. The first kappa shape index (κ1) is 22.6. The number of carbonyl (C=O) groups is 1. The standard InChI is InChI=1S/C20H20N6O3S2/c21-10-15-18(16(11-22)20(25-19(15)24)30-12-17(23)27)13-4-6-14(7-5-13)31(28,29)26-8-2-1-3-9-26/h4-7H,1-3,8-9,12H2,(H2,23,27)(H2,24,25). The van der Waals surface area contributed by atoms with Crippen molar-refractivity contribution in [3.05, 3.63) is 35.4 Å². The van der Waals surface area contributed by atoms with Crippen LogP contribution in [-0.2, 0) is 14.8 Å². The minimum absolute atomic E-state index is 0.00612. The van der Waals surface area contributed by atoms with Crippen LogP contribution in [0.25, 0.3) is 11.1 Å². The van der Waals surface area contributed by atoms with E-state index in [0.717, 1.165) is 31.0 Å². The molecule has 4 N–H and O–H groups in total. The predicted octanol–water partition coefficient (Wildman–Crippen LogP) is 1.83. The van der Waals surface area contributed by atoms with Crippen molar-refractivity contribution >= 4 is 33.5 Å². The molecule has 9 nitrogen and oxygen atoms in total. The lowest BCUT2D eigenvalue weighted by Gasteiger charge is -2.26. The van der Waals surface area contributed by atoms with Gasteiger partial charge in [-0.1, -0.05) is 30.3 Å². The zero-order valence-electron chi connectivity index (χ0n) is 16.5. The van der Waals surface area contributed by atoms with Crippen molar-refractivity contribution in [3.8, 4) is 23.3 Å². The molecular weight excluding hydrogens is 436 g/mol. The van der Waals surface area contributed by atoms with E-state index in [9.17, 15) is 23.7 Å². The van der Waals surface area contributed by atoms with E-state index in [2.05, 4.69) is 4.98 Å². The molecule has 1 aromatic heterocycles. The maximum atomic E-state index is 12.9. The van der Waals surface area contributed by atoms with Crippen LogP contribution in [0.2, 0.25) is 0 Å². The second-order valence-corrected chi connectivity index (χ2v) is 9.80. The van der Waals surface area contributed by atoms with Gasteiger partial charge in [-0.2, -0.15) is 14.8 Å². The molecule has 1 aliphatic heterocycles. The highest BCUT2D eigenvalue weighted by atomic mass is 32.2. The van der Waals surface area contributed by atoms with E-state index in [4.69, 9.17) is 11.5 Å². The molecule has 160 valence electrons. The molecule has 31 heavy (non-hydrogen) atoms. The van der Waals surface area contributed by atoms with Crippen molar-refractivity contribution in [3.63, 3.8) is 0 Å². The maximum Gasteiger partial charge on any atom is 0.243 e. The van der Waals surface area contributed by atoms with Gasteiger partial charge in [0.15, 0.2) is 0 Å². The molecule has 0 bridgehead atoms. The number of rotatable bonds is 6. The average molecular weight is 457 g/mol. The monoisotopic (exact) mass is 456 g/mol. The number of piperidine rings is 1. The van der Waals surface area contributed by atoms with Gasteiger partial charge in [0.25, 0.3) is 0 Å². The number of nitrogens with two attached hydrogens (primary N) is 2. The SMILES string of the molecule is N#Cc1c(N)nc(SCC(N)=O)c(C#N)c1-c1ccc(S(=O)(=O)N2CCCCC2)cc1. The van der Waals surface area contributed by atoms with Crippen molar-refractivity contribution in [1.82, 2.24) is 9.29 Å². The summed E-state index contributed by atoms with van der Waals surface area (Å²) in [5, 5.41) is 19.5. The Hall–Kier alpha value is -3.12. The summed E-state index contributed by atoms with van der Waals surface area (Å²) in [7, 11) is -3.62. The molecule has 0 unspecified atom stereocenters. The summed E-state index contributed by atoms with van der Waals surface area (Å²) < 4.78 is 27.2. The minimum atomic E-state index is -3.62. The first-order valence-corrected chi connectivity index (χ1v) is 11.9. The summed E-state index contributed by atoms with van der Waals surface area (Å²) in [6.07, 6.45) is 2.67. The molecule has 1 aliphatic rings. The molecule has 0 saturated carbocycles. The molecule has 2 heterocycles. The Bertz CT molecular complexity index is 1190. The number of sulfonamides is 1. The normalized spacial score (nSPS) is 14.5. The van der Waals surface area contributed by atoms with Crippen molar-refractivity contribution < 1.29 is 13.2 Å². The highest BCUT2D eigenvalue weighted by Crippen LogP contribution is 2.36. The number of carbonyl (C=O) groups excluding carboxylic acids is 1. The van der Waals surface area contributed by atoms with Crippen LogP contribution in [0.3, 0.4) is 0 Å². The number of hydrogen-bond acceptors (Lipinski definition) is 8.